The van der Waals surface area contributed by atoms with Crippen molar-refractivity contribution in [3.63, 3.8) is 0 Å². The van der Waals surface area contributed by atoms with E-state index in [1.807, 2.05) is 42.5 Å². The number of rotatable bonds is 9. The zero-order chi connectivity index (χ0) is 36.1. The first kappa shape index (κ1) is 32.6. The summed E-state index contributed by atoms with van der Waals surface area (Å²) >= 11 is 0. The zero-order valence-electron chi connectivity index (χ0n) is 29.6. The molecule has 8 aromatic carbocycles. The monoisotopic (exact) mass is 692 g/mol. The van der Waals surface area contributed by atoms with Gasteiger partial charge in [-0.3, -0.25) is 0 Å². The van der Waals surface area contributed by atoms with Gasteiger partial charge in [0.1, 0.15) is 0 Å². The maximum Gasteiger partial charge on any atom is 0.0973 e. The Hall–Kier alpha value is -7.30. The second-order valence-corrected chi connectivity index (χ2v) is 13.1. The van der Waals surface area contributed by atoms with Gasteiger partial charge in [0, 0.05) is 45.3 Å². The van der Waals surface area contributed by atoms with E-state index in [4.69, 9.17) is 9.97 Å². The lowest BCUT2D eigenvalue weighted by atomic mass is 10.0. The fraction of sp³-hybridized carbons (Fsp3) is 0. The molecule has 9 rings (SSSR count). The third kappa shape index (κ3) is 6.60. The summed E-state index contributed by atoms with van der Waals surface area (Å²) in [5.74, 6) is 0. The summed E-state index contributed by atoms with van der Waals surface area (Å²) in [6.45, 7) is 0. The first-order chi connectivity index (χ1) is 26.8. The molecule has 0 N–H and O–H groups in total. The summed E-state index contributed by atoms with van der Waals surface area (Å²) in [5, 5.41) is 0. The molecule has 0 radical (unpaired) electrons. The van der Waals surface area contributed by atoms with Crippen LogP contribution < -0.4 is 9.80 Å². The summed E-state index contributed by atoms with van der Waals surface area (Å²) in [4.78, 5) is 14.8. The van der Waals surface area contributed by atoms with Crippen LogP contribution >= 0.6 is 0 Å². The highest BCUT2D eigenvalue weighted by molar-refractivity contribution is 5.87. The SMILES string of the molecule is c1ccc(-c2nc3ccccc3nc2-c2ccc(N(c3ccccc3)c3ccc(-c4ccc(N(c5ccccc5)c5ccccc5)cc4)cc3)cc2)cc1. The van der Waals surface area contributed by atoms with Gasteiger partial charge in [0.15, 0.2) is 0 Å². The van der Waals surface area contributed by atoms with Crippen molar-refractivity contribution in [3.05, 3.63) is 218 Å². The topological polar surface area (TPSA) is 32.3 Å². The number of aromatic nitrogens is 2. The highest BCUT2D eigenvalue weighted by Crippen LogP contribution is 2.39. The Bertz CT molecular complexity index is 2570. The second kappa shape index (κ2) is 14.7. The quantitative estimate of drug-likeness (QED) is 0.151. The van der Waals surface area contributed by atoms with E-state index in [1.165, 1.54) is 0 Å². The van der Waals surface area contributed by atoms with E-state index in [1.54, 1.807) is 0 Å². The van der Waals surface area contributed by atoms with E-state index >= 15 is 0 Å². The van der Waals surface area contributed by atoms with Gasteiger partial charge in [-0.2, -0.15) is 0 Å². The van der Waals surface area contributed by atoms with Crippen LogP contribution in [0.25, 0.3) is 44.7 Å². The van der Waals surface area contributed by atoms with Crippen LogP contribution in [-0.4, -0.2) is 9.97 Å². The Balaban J connectivity index is 1.03. The molecule has 54 heavy (non-hydrogen) atoms. The molecule has 0 atom stereocenters. The van der Waals surface area contributed by atoms with Crippen LogP contribution in [0.3, 0.4) is 0 Å². The van der Waals surface area contributed by atoms with Crippen molar-refractivity contribution >= 4 is 45.2 Å². The molecular formula is C50H36N4. The maximum atomic E-state index is 5.12. The third-order valence-electron chi connectivity index (χ3n) is 9.64. The standard InChI is InChI=1S/C50H36N4/c1-5-15-39(16-6-1)49-50(52-48-24-14-13-23-47(48)51-49)40-29-35-46(36-30-40)54(43-21-11-4-12-22-43)45-33-27-38(28-34-45)37-25-31-44(32-26-37)53(41-17-7-2-8-18-41)42-19-9-3-10-20-42/h1-36H. The largest absolute Gasteiger partial charge is 0.311 e. The smallest absolute Gasteiger partial charge is 0.0973 e. The molecule has 1 heterocycles. The van der Waals surface area contributed by atoms with Crippen LogP contribution in [0, 0.1) is 0 Å². The van der Waals surface area contributed by atoms with E-state index in [9.17, 15) is 0 Å². The molecule has 0 saturated heterocycles. The van der Waals surface area contributed by atoms with Gasteiger partial charge in [-0.1, -0.05) is 133 Å². The van der Waals surface area contributed by atoms with Crippen molar-refractivity contribution in [3.8, 4) is 33.6 Å². The predicted octanol–water partition coefficient (Wildman–Crippen LogP) is 13.6. The lowest BCUT2D eigenvalue weighted by Crippen LogP contribution is -2.10. The van der Waals surface area contributed by atoms with Crippen LogP contribution in [0.2, 0.25) is 0 Å². The predicted molar refractivity (Wildman–Crippen MR) is 225 cm³/mol. The number of hydrogen-bond donors (Lipinski definition) is 0. The molecule has 1 aromatic heterocycles. The Morgan fingerprint density at radius 3 is 0.833 bits per heavy atom. The molecule has 0 amide bonds. The van der Waals surface area contributed by atoms with Gasteiger partial charge in [0.25, 0.3) is 0 Å². The molecule has 0 unspecified atom stereocenters. The van der Waals surface area contributed by atoms with Crippen molar-refractivity contribution in [2.45, 2.75) is 0 Å². The molecule has 0 aliphatic heterocycles. The summed E-state index contributed by atoms with van der Waals surface area (Å²) in [5.41, 5.74) is 14.4. The highest BCUT2D eigenvalue weighted by atomic mass is 15.1. The third-order valence-corrected chi connectivity index (χ3v) is 9.64. The molecule has 256 valence electrons. The minimum absolute atomic E-state index is 0.865. The molecule has 9 aromatic rings. The van der Waals surface area contributed by atoms with Crippen molar-refractivity contribution < 1.29 is 0 Å². The lowest BCUT2D eigenvalue weighted by Gasteiger charge is -2.26. The van der Waals surface area contributed by atoms with Gasteiger partial charge in [-0.05, 0) is 96.1 Å². The second-order valence-electron chi connectivity index (χ2n) is 13.1. The van der Waals surface area contributed by atoms with Crippen molar-refractivity contribution in [1.82, 2.24) is 9.97 Å². The Labute approximate surface area is 315 Å². The number of anilines is 6. The fourth-order valence-corrected chi connectivity index (χ4v) is 7.00. The van der Waals surface area contributed by atoms with E-state index in [0.717, 1.165) is 78.8 Å². The van der Waals surface area contributed by atoms with Gasteiger partial charge < -0.3 is 9.80 Å². The number of hydrogen-bond acceptors (Lipinski definition) is 4. The van der Waals surface area contributed by atoms with E-state index < -0.39 is 0 Å². The van der Waals surface area contributed by atoms with Crippen LogP contribution in [0.1, 0.15) is 0 Å². The van der Waals surface area contributed by atoms with Crippen LogP contribution in [0.5, 0.6) is 0 Å². The molecular weight excluding hydrogens is 657 g/mol. The van der Waals surface area contributed by atoms with E-state index in [-0.39, 0.29) is 0 Å². The van der Waals surface area contributed by atoms with Crippen LogP contribution in [0.4, 0.5) is 34.1 Å². The molecule has 0 bridgehead atoms. The Morgan fingerprint density at radius 2 is 0.481 bits per heavy atom. The lowest BCUT2D eigenvalue weighted by molar-refractivity contribution is 1.27. The molecule has 0 aliphatic carbocycles. The van der Waals surface area contributed by atoms with Crippen molar-refractivity contribution in [1.29, 1.82) is 0 Å². The van der Waals surface area contributed by atoms with Gasteiger partial charge in [-0.25, -0.2) is 9.97 Å². The minimum Gasteiger partial charge on any atom is -0.311 e. The first-order valence-electron chi connectivity index (χ1n) is 18.2. The van der Waals surface area contributed by atoms with Crippen LogP contribution in [0.15, 0.2) is 218 Å². The highest BCUT2D eigenvalue weighted by Gasteiger charge is 2.17. The summed E-state index contributed by atoms with van der Waals surface area (Å²) in [6, 6.07) is 76.1. The number of benzene rings is 8. The molecule has 0 fully saturated rings. The maximum absolute atomic E-state index is 5.12. The van der Waals surface area contributed by atoms with E-state index in [2.05, 4.69) is 186 Å². The summed E-state index contributed by atoms with van der Waals surface area (Å²) < 4.78 is 0. The van der Waals surface area contributed by atoms with Crippen LogP contribution in [-0.2, 0) is 0 Å². The number of para-hydroxylation sites is 5. The summed E-state index contributed by atoms with van der Waals surface area (Å²) in [6.07, 6.45) is 0. The minimum atomic E-state index is 0.865. The molecule has 4 nitrogen and oxygen atoms in total. The van der Waals surface area contributed by atoms with Gasteiger partial charge >= 0.3 is 0 Å². The fourth-order valence-electron chi connectivity index (χ4n) is 7.00. The normalized spacial score (nSPS) is 11.0. The van der Waals surface area contributed by atoms with Gasteiger partial charge in [0.2, 0.25) is 0 Å². The van der Waals surface area contributed by atoms with Crippen molar-refractivity contribution in [2.75, 3.05) is 9.80 Å². The molecule has 4 heteroatoms. The average molecular weight is 693 g/mol. The van der Waals surface area contributed by atoms with Crippen molar-refractivity contribution in [2.24, 2.45) is 0 Å². The first-order valence-corrected chi connectivity index (χ1v) is 18.2. The molecule has 0 saturated carbocycles. The molecule has 0 spiro atoms. The zero-order valence-corrected chi connectivity index (χ0v) is 29.6. The number of fused-ring (bicyclic) bond motifs is 1. The number of nitrogens with zero attached hydrogens (tertiary/aromatic N) is 4. The molecule has 0 aliphatic rings. The Kier molecular flexibility index (Phi) is 8.90. The van der Waals surface area contributed by atoms with Gasteiger partial charge in [0.05, 0.1) is 22.4 Å². The average Bonchev–Trinajstić information content (AvgIpc) is 3.26. The van der Waals surface area contributed by atoms with Gasteiger partial charge in [-0.15, -0.1) is 0 Å². The summed E-state index contributed by atoms with van der Waals surface area (Å²) in [7, 11) is 0. The Morgan fingerprint density at radius 1 is 0.222 bits per heavy atom. The van der Waals surface area contributed by atoms with E-state index in [0.29, 0.717) is 0 Å².